The van der Waals surface area contributed by atoms with Crippen molar-refractivity contribution in [1.29, 1.82) is 0 Å². The molecule has 0 aliphatic heterocycles. The van der Waals surface area contributed by atoms with Crippen molar-refractivity contribution in [3.63, 3.8) is 0 Å². The fraction of sp³-hybridized carbons (Fsp3) is 0.0769. The minimum absolute atomic E-state index is 0.477. The standard InChI is InChI=1S/C13H9NO3/c15-13-16-11-4-3-9(7-12(11)17-13)6-10-2-1-5-14-8-10/h1-5,7-8H,6H2. The molecule has 0 atom stereocenters. The predicted molar refractivity (Wildman–Crippen MR) is 61.8 cm³/mol. The summed E-state index contributed by atoms with van der Waals surface area (Å²) in [6.45, 7) is 0. The summed E-state index contributed by atoms with van der Waals surface area (Å²) in [7, 11) is 0. The van der Waals surface area contributed by atoms with Crippen LogP contribution in [0.1, 0.15) is 11.1 Å². The first-order chi connectivity index (χ1) is 8.31. The van der Waals surface area contributed by atoms with Crippen molar-refractivity contribution in [1.82, 2.24) is 4.98 Å². The molecule has 3 aromatic rings. The largest absolute Gasteiger partial charge is 0.519 e. The van der Waals surface area contributed by atoms with Crippen LogP contribution in [-0.4, -0.2) is 4.98 Å². The molecule has 17 heavy (non-hydrogen) atoms. The molecule has 0 fully saturated rings. The third-order valence-electron chi connectivity index (χ3n) is 2.53. The SMILES string of the molecule is O=c1oc2ccc(Cc3cccnc3)cc2o1. The lowest BCUT2D eigenvalue weighted by Gasteiger charge is -2.00. The van der Waals surface area contributed by atoms with Gasteiger partial charge in [-0.25, -0.2) is 4.79 Å². The van der Waals surface area contributed by atoms with E-state index in [9.17, 15) is 4.79 Å². The number of hydrogen-bond acceptors (Lipinski definition) is 4. The molecule has 1 aromatic carbocycles. The maximum Gasteiger partial charge on any atom is 0.519 e. The molecule has 2 aromatic heterocycles. The summed E-state index contributed by atoms with van der Waals surface area (Å²) in [5, 5.41) is 0. The molecule has 0 spiro atoms. The van der Waals surface area contributed by atoms with Gasteiger partial charge in [0.2, 0.25) is 0 Å². The molecule has 0 unspecified atom stereocenters. The van der Waals surface area contributed by atoms with Gasteiger partial charge < -0.3 is 8.83 Å². The van der Waals surface area contributed by atoms with Gasteiger partial charge in [0.25, 0.3) is 0 Å². The first-order valence-corrected chi connectivity index (χ1v) is 5.23. The molecule has 0 amide bonds. The second kappa shape index (κ2) is 3.90. The van der Waals surface area contributed by atoms with Crippen molar-refractivity contribution in [2.24, 2.45) is 0 Å². The van der Waals surface area contributed by atoms with Crippen molar-refractivity contribution in [3.05, 3.63) is 64.5 Å². The molecule has 0 bridgehead atoms. The quantitative estimate of drug-likeness (QED) is 0.674. The van der Waals surface area contributed by atoms with Crippen LogP contribution in [0.2, 0.25) is 0 Å². The molecule has 0 aliphatic carbocycles. The van der Waals surface area contributed by atoms with Gasteiger partial charge in [-0.05, 0) is 35.7 Å². The van der Waals surface area contributed by atoms with Gasteiger partial charge in [0.1, 0.15) is 0 Å². The van der Waals surface area contributed by atoms with Crippen LogP contribution in [-0.2, 0) is 6.42 Å². The fourth-order valence-electron chi connectivity index (χ4n) is 1.77. The highest BCUT2D eigenvalue weighted by Crippen LogP contribution is 2.16. The van der Waals surface area contributed by atoms with Gasteiger partial charge in [-0.3, -0.25) is 4.98 Å². The monoisotopic (exact) mass is 227 g/mol. The van der Waals surface area contributed by atoms with Gasteiger partial charge in [-0.2, -0.15) is 0 Å². The van der Waals surface area contributed by atoms with Crippen LogP contribution in [0.4, 0.5) is 0 Å². The Balaban J connectivity index is 1.98. The number of rotatable bonds is 2. The third kappa shape index (κ3) is 1.97. The van der Waals surface area contributed by atoms with Crippen molar-refractivity contribution in [3.8, 4) is 0 Å². The maximum atomic E-state index is 10.9. The van der Waals surface area contributed by atoms with Gasteiger partial charge in [-0.1, -0.05) is 12.1 Å². The second-order valence-corrected chi connectivity index (χ2v) is 3.77. The maximum absolute atomic E-state index is 10.9. The highest BCUT2D eigenvalue weighted by molar-refractivity contribution is 5.70. The Hall–Kier alpha value is -2.36. The van der Waals surface area contributed by atoms with Crippen molar-refractivity contribution in [2.75, 3.05) is 0 Å². The summed E-state index contributed by atoms with van der Waals surface area (Å²) in [6.07, 6.45) is 4.30. The van der Waals surface area contributed by atoms with Gasteiger partial charge in [0, 0.05) is 12.4 Å². The van der Waals surface area contributed by atoms with E-state index in [1.165, 1.54) is 0 Å². The topological polar surface area (TPSA) is 56.2 Å². The molecule has 2 heterocycles. The van der Waals surface area contributed by atoms with Crippen molar-refractivity contribution in [2.45, 2.75) is 6.42 Å². The minimum atomic E-state index is -0.668. The van der Waals surface area contributed by atoms with Gasteiger partial charge in [-0.15, -0.1) is 0 Å². The van der Waals surface area contributed by atoms with E-state index >= 15 is 0 Å². The van der Waals surface area contributed by atoms with Crippen LogP contribution in [0.5, 0.6) is 0 Å². The zero-order valence-electron chi connectivity index (χ0n) is 8.92. The van der Waals surface area contributed by atoms with E-state index in [0.717, 1.165) is 17.5 Å². The Morgan fingerprint density at radius 2 is 1.94 bits per heavy atom. The average Bonchev–Trinajstić information content (AvgIpc) is 2.70. The number of fused-ring (bicyclic) bond motifs is 1. The number of pyridine rings is 1. The lowest BCUT2D eigenvalue weighted by molar-refractivity contribution is 0.409. The number of hydrogen-bond donors (Lipinski definition) is 0. The molecule has 4 heteroatoms. The van der Waals surface area contributed by atoms with Gasteiger partial charge in [0.15, 0.2) is 11.2 Å². The molecule has 0 radical (unpaired) electrons. The Kier molecular flexibility index (Phi) is 2.26. The molecular weight excluding hydrogens is 218 g/mol. The number of benzene rings is 1. The fourth-order valence-corrected chi connectivity index (χ4v) is 1.77. The van der Waals surface area contributed by atoms with Crippen LogP contribution in [0.15, 0.2) is 56.4 Å². The summed E-state index contributed by atoms with van der Waals surface area (Å²) in [5.41, 5.74) is 3.12. The van der Waals surface area contributed by atoms with E-state index < -0.39 is 5.82 Å². The van der Waals surface area contributed by atoms with Crippen LogP contribution in [0, 0.1) is 0 Å². The summed E-state index contributed by atoms with van der Waals surface area (Å²) in [6, 6.07) is 9.36. The molecule has 3 rings (SSSR count). The third-order valence-corrected chi connectivity index (χ3v) is 2.53. The van der Waals surface area contributed by atoms with Crippen LogP contribution < -0.4 is 5.82 Å². The molecule has 0 saturated heterocycles. The lowest BCUT2D eigenvalue weighted by Crippen LogP contribution is -1.88. The zero-order chi connectivity index (χ0) is 11.7. The van der Waals surface area contributed by atoms with Gasteiger partial charge in [0.05, 0.1) is 0 Å². The Morgan fingerprint density at radius 3 is 2.76 bits per heavy atom. The van der Waals surface area contributed by atoms with E-state index in [1.807, 2.05) is 30.5 Å². The summed E-state index contributed by atoms with van der Waals surface area (Å²) in [4.78, 5) is 15.0. The molecule has 4 nitrogen and oxygen atoms in total. The molecular formula is C13H9NO3. The Morgan fingerprint density at radius 1 is 1.06 bits per heavy atom. The smallest absolute Gasteiger partial charge is 0.391 e. The zero-order valence-corrected chi connectivity index (χ0v) is 8.92. The van der Waals surface area contributed by atoms with E-state index in [2.05, 4.69) is 4.98 Å². The molecule has 0 aliphatic rings. The lowest BCUT2D eigenvalue weighted by atomic mass is 10.1. The normalized spacial score (nSPS) is 10.8. The first-order valence-electron chi connectivity index (χ1n) is 5.23. The summed E-state index contributed by atoms with van der Waals surface area (Å²) in [5.74, 6) is -0.668. The minimum Gasteiger partial charge on any atom is -0.391 e. The number of nitrogens with zero attached hydrogens (tertiary/aromatic N) is 1. The molecule has 84 valence electrons. The second-order valence-electron chi connectivity index (χ2n) is 3.77. The highest BCUT2D eigenvalue weighted by Gasteiger charge is 2.04. The van der Waals surface area contributed by atoms with E-state index in [1.54, 1.807) is 12.3 Å². The summed E-state index contributed by atoms with van der Waals surface area (Å²) >= 11 is 0. The Bertz CT molecular complexity index is 697. The van der Waals surface area contributed by atoms with E-state index in [4.69, 9.17) is 8.83 Å². The van der Waals surface area contributed by atoms with Crippen LogP contribution >= 0.6 is 0 Å². The molecule has 0 N–H and O–H groups in total. The van der Waals surface area contributed by atoms with E-state index in [0.29, 0.717) is 11.2 Å². The van der Waals surface area contributed by atoms with Gasteiger partial charge >= 0.3 is 5.82 Å². The molecule has 0 saturated carbocycles. The van der Waals surface area contributed by atoms with Crippen LogP contribution in [0.25, 0.3) is 11.2 Å². The first kappa shape index (κ1) is 9.84. The Labute approximate surface area is 96.5 Å². The average molecular weight is 227 g/mol. The van der Waals surface area contributed by atoms with Crippen molar-refractivity contribution < 1.29 is 8.83 Å². The predicted octanol–water partition coefficient (Wildman–Crippen LogP) is 2.37. The van der Waals surface area contributed by atoms with Crippen LogP contribution in [0.3, 0.4) is 0 Å². The number of aromatic nitrogens is 1. The van der Waals surface area contributed by atoms with E-state index in [-0.39, 0.29) is 0 Å². The highest BCUT2D eigenvalue weighted by atomic mass is 16.6. The summed E-state index contributed by atoms with van der Waals surface area (Å²) < 4.78 is 9.75. The van der Waals surface area contributed by atoms with Crippen molar-refractivity contribution >= 4 is 11.2 Å².